The Balaban J connectivity index is 1.42. The second-order valence-corrected chi connectivity index (χ2v) is 8.39. The molecule has 1 saturated heterocycles. The molecule has 1 atom stereocenters. The minimum absolute atomic E-state index is 0.0436. The van der Waals surface area contributed by atoms with Crippen LogP contribution in [-0.2, 0) is 13.1 Å². The fourth-order valence-electron chi connectivity index (χ4n) is 4.46. The zero-order valence-corrected chi connectivity index (χ0v) is 15.5. The summed E-state index contributed by atoms with van der Waals surface area (Å²) >= 11 is 1.74. The number of hydrogen-bond donors (Lipinski definition) is 2. The van der Waals surface area contributed by atoms with Gasteiger partial charge in [0, 0.05) is 37.5 Å². The van der Waals surface area contributed by atoms with E-state index < -0.39 is 0 Å². The topological polar surface area (TPSA) is 65.4 Å². The van der Waals surface area contributed by atoms with Crippen LogP contribution in [0.2, 0.25) is 0 Å². The predicted molar refractivity (Wildman–Crippen MR) is 102 cm³/mol. The maximum absolute atomic E-state index is 12.3. The lowest BCUT2D eigenvalue weighted by atomic mass is 9.93. The summed E-state index contributed by atoms with van der Waals surface area (Å²) in [5.41, 5.74) is 3.33. The van der Waals surface area contributed by atoms with Crippen LogP contribution in [0.25, 0.3) is 5.65 Å². The van der Waals surface area contributed by atoms with Crippen LogP contribution in [0.1, 0.15) is 30.5 Å². The highest BCUT2D eigenvalue weighted by molar-refractivity contribution is 7.07. The lowest BCUT2D eigenvalue weighted by Crippen LogP contribution is -2.36. The average Bonchev–Trinajstić information content (AvgIpc) is 3.03. The van der Waals surface area contributed by atoms with Crippen LogP contribution in [0.5, 0.6) is 0 Å². The molecule has 0 aromatic carbocycles. The van der Waals surface area contributed by atoms with Crippen LogP contribution in [0.4, 0.5) is 0 Å². The van der Waals surface area contributed by atoms with Crippen molar-refractivity contribution in [3.63, 3.8) is 0 Å². The van der Waals surface area contributed by atoms with Gasteiger partial charge < -0.3 is 5.32 Å². The fraction of sp³-hybridized carbons (Fsp3) is 0.474. The van der Waals surface area contributed by atoms with Crippen LogP contribution in [-0.4, -0.2) is 38.6 Å². The number of hydrogen-bond acceptors (Lipinski definition) is 5. The SMILES string of the molecule is O=c1cc(CN(Cc2ccsc2)C2CC23CCNCC3)nc2cc[nH]n12. The summed E-state index contributed by atoms with van der Waals surface area (Å²) in [6, 6.07) is 6.31. The number of rotatable bonds is 5. The minimum Gasteiger partial charge on any atom is -0.317 e. The van der Waals surface area contributed by atoms with Crippen LogP contribution >= 0.6 is 11.3 Å². The first-order valence-electron chi connectivity index (χ1n) is 9.25. The number of thiophene rings is 1. The number of nitrogens with zero attached hydrogens (tertiary/aromatic N) is 3. The maximum atomic E-state index is 12.3. The third-order valence-electron chi connectivity index (χ3n) is 5.95. The van der Waals surface area contributed by atoms with E-state index in [-0.39, 0.29) is 5.56 Å². The first-order chi connectivity index (χ1) is 12.7. The number of H-pyrrole nitrogens is 1. The molecule has 1 saturated carbocycles. The van der Waals surface area contributed by atoms with E-state index in [0.717, 1.165) is 31.9 Å². The Labute approximate surface area is 155 Å². The zero-order valence-electron chi connectivity index (χ0n) is 14.6. The van der Waals surface area contributed by atoms with E-state index >= 15 is 0 Å². The van der Waals surface area contributed by atoms with Crippen LogP contribution in [0, 0.1) is 5.41 Å². The normalized spacial score (nSPS) is 21.7. The van der Waals surface area contributed by atoms with Crippen LogP contribution in [0.3, 0.4) is 0 Å². The summed E-state index contributed by atoms with van der Waals surface area (Å²) in [5, 5.41) is 10.8. The maximum Gasteiger partial charge on any atom is 0.272 e. The van der Waals surface area contributed by atoms with Crippen molar-refractivity contribution in [2.24, 2.45) is 5.41 Å². The van der Waals surface area contributed by atoms with Crippen molar-refractivity contribution in [3.8, 4) is 0 Å². The van der Waals surface area contributed by atoms with Gasteiger partial charge in [0.1, 0.15) is 0 Å². The molecule has 6 nitrogen and oxygen atoms in total. The highest BCUT2D eigenvalue weighted by Crippen LogP contribution is 2.56. The highest BCUT2D eigenvalue weighted by Gasteiger charge is 2.56. The van der Waals surface area contributed by atoms with E-state index in [4.69, 9.17) is 0 Å². The molecule has 2 fully saturated rings. The number of fused-ring (bicyclic) bond motifs is 1. The second kappa shape index (κ2) is 6.33. The summed E-state index contributed by atoms with van der Waals surface area (Å²) in [7, 11) is 0. The van der Waals surface area contributed by atoms with E-state index in [0.29, 0.717) is 17.1 Å². The molecule has 7 heteroatoms. The molecule has 2 aliphatic rings. The molecule has 5 rings (SSSR count). The van der Waals surface area contributed by atoms with Gasteiger partial charge in [-0.15, -0.1) is 0 Å². The fourth-order valence-corrected chi connectivity index (χ4v) is 5.12. The number of nitrogens with one attached hydrogen (secondary N) is 2. The number of piperidine rings is 1. The van der Waals surface area contributed by atoms with Gasteiger partial charge in [0.25, 0.3) is 5.56 Å². The summed E-state index contributed by atoms with van der Waals surface area (Å²) in [5.74, 6) is 0. The van der Waals surface area contributed by atoms with Gasteiger partial charge >= 0.3 is 0 Å². The van der Waals surface area contributed by atoms with Gasteiger partial charge in [0.2, 0.25) is 0 Å². The van der Waals surface area contributed by atoms with Crippen molar-refractivity contribution < 1.29 is 0 Å². The van der Waals surface area contributed by atoms with Crippen LogP contribution < -0.4 is 10.9 Å². The Bertz CT molecular complexity index is 954. The monoisotopic (exact) mass is 369 g/mol. The van der Waals surface area contributed by atoms with Gasteiger partial charge in [0.15, 0.2) is 5.65 Å². The molecular formula is C19H23N5OS. The third kappa shape index (κ3) is 2.90. The van der Waals surface area contributed by atoms with E-state index in [1.54, 1.807) is 23.6 Å². The van der Waals surface area contributed by atoms with Gasteiger partial charge in [-0.3, -0.25) is 14.8 Å². The molecule has 26 heavy (non-hydrogen) atoms. The molecule has 0 radical (unpaired) electrons. The Morgan fingerprint density at radius 3 is 3.00 bits per heavy atom. The molecule has 1 aliphatic carbocycles. The molecule has 2 N–H and O–H groups in total. The van der Waals surface area contributed by atoms with Crippen molar-refractivity contribution in [1.29, 1.82) is 0 Å². The molecular weight excluding hydrogens is 346 g/mol. The standard InChI is InChI=1S/C19H23N5OS/c25-18-9-15(22-17-1-5-21-24(17)18)12-23(11-14-2-8-26-13-14)16-10-19(16)3-6-20-7-4-19/h1-2,5,8-9,13,16,20-21H,3-4,6-7,10-12H2. The average molecular weight is 369 g/mol. The van der Waals surface area contributed by atoms with Crippen molar-refractivity contribution in [3.05, 3.63) is 56.8 Å². The molecule has 0 bridgehead atoms. The quantitative estimate of drug-likeness (QED) is 0.724. The van der Waals surface area contributed by atoms with Gasteiger partial charge in [-0.1, -0.05) is 0 Å². The van der Waals surface area contributed by atoms with Crippen molar-refractivity contribution in [2.75, 3.05) is 13.1 Å². The third-order valence-corrected chi connectivity index (χ3v) is 6.68. The van der Waals surface area contributed by atoms with Crippen molar-refractivity contribution >= 4 is 17.0 Å². The largest absolute Gasteiger partial charge is 0.317 e. The molecule has 136 valence electrons. The van der Waals surface area contributed by atoms with E-state index in [1.807, 2.05) is 6.07 Å². The molecule has 4 heterocycles. The molecule has 1 aliphatic heterocycles. The molecule has 3 aromatic heterocycles. The lowest BCUT2D eigenvalue weighted by molar-refractivity contribution is 0.186. The molecule has 1 spiro atoms. The Morgan fingerprint density at radius 2 is 2.19 bits per heavy atom. The summed E-state index contributed by atoms with van der Waals surface area (Å²) < 4.78 is 1.48. The Kier molecular flexibility index (Phi) is 3.95. The van der Waals surface area contributed by atoms with E-state index in [1.165, 1.54) is 29.3 Å². The van der Waals surface area contributed by atoms with E-state index in [9.17, 15) is 4.79 Å². The second-order valence-electron chi connectivity index (χ2n) is 7.61. The van der Waals surface area contributed by atoms with Crippen molar-refractivity contribution in [1.82, 2.24) is 24.8 Å². The highest BCUT2D eigenvalue weighted by atomic mass is 32.1. The number of aromatic nitrogens is 3. The first-order valence-corrected chi connectivity index (χ1v) is 10.2. The van der Waals surface area contributed by atoms with Crippen LogP contribution in [0.15, 0.2) is 40.0 Å². The Hall–Kier alpha value is -1.96. The summed E-state index contributed by atoms with van der Waals surface area (Å²) in [6.45, 7) is 3.90. The zero-order chi connectivity index (χ0) is 17.6. The summed E-state index contributed by atoms with van der Waals surface area (Å²) in [6.07, 6.45) is 5.53. The van der Waals surface area contributed by atoms with Gasteiger partial charge in [-0.25, -0.2) is 9.50 Å². The predicted octanol–water partition coefficient (Wildman–Crippen LogP) is 2.23. The first kappa shape index (κ1) is 16.2. The molecule has 0 amide bonds. The number of aromatic amines is 1. The Morgan fingerprint density at radius 1 is 1.31 bits per heavy atom. The van der Waals surface area contributed by atoms with Gasteiger partial charge in [-0.2, -0.15) is 11.3 Å². The summed E-state index contributed by atoms with van der Waals surface area (Å²) in [4.78, 5) is 19.5. The smallest absolute Gasteiger partial charge is 0.272 e. The van der Waals surface area contributed by atoms with Gasteiger partial charge in [0.05, 0.1) is 5.69 Å². The van der Waals surface area contributed by atoms with Gasteiger partial charge in [-0.05, 0) is 60.2 Å². The molecule has 3 aromatic rings. The molecule has 1 unspecified atom stereocenters. The lowest BCUT2D eigenvalue weighted by Gasteiger charge is -2.29. The van der Waals surface area contributed by atoms with E-state index in [2.05, 4.69) is 37.1 Å². The van der Waals surface area contributed by atoms with Crippen molar-refractivity contribution in [2.45, 2.75) is 38.4 Å². The minimum atomic E-state index is -0.0436.